The summed E-state index contributed by atoms with van der Waals surface area (Å²) in [6, 6.07) is 0.605. The molecule has 0 spiro atoms. The second kappa shape index (κ2) is 5.47. The third-order valence-electron chi connectivity index (χ3n) is 3.65. The number of hydrogen-bond acceptors (Lipinski definition) is 4. The molecular weight excluding hydrogens is 240 g/mol. The predicted octanol–water partition coefficient (Wildman–Crippen LogP) is 1.75. The normalized spacial score (nSPS) is 18.2. The highest BCUT2D eigenvalue weighted by atomic mass is 16.5. The van der Waals surface area contributed by atoms with E-state index in [4.69, 9.17) is 4.74 Å². The van der Waals surface area contributed by atoms with E-state index < -0.39 is 5.60 Å². The number of rotatable bonds is 6. The molecule has 2 rings (SSSR count). The second-order valence-corrected chi connectivity index (χ2v) is 5.88. The van der Waals surface area contributed by atoms with Gasteiger partial charge in [-0.15, -0.1) is 0 Å². The molecule has 0 aromatic carbocycles. The Labute approximate surface area is 115 Å². The predicted molar refractivity (Wildman–Crippen MR) is 75.6 cm³/mol. The van der Waals surface area contributed by atoms with Crippen molar-refractivity contribution in [2.24, 2.45) is 0 Å². The van der Waals surface area contributed by atoms with E-state index in [0.29, 0.717) is 19.0 Å². The third kappa shape index (κ3) is 3.67. The van der Waals surface area contributed by atoms with Gasteiger partial charge in [0.05, 0.1) is 12.7 Å². The molecule has 2 N–H and O–H groups in total. The molecule has 1 heterocycles. The molecule has 19 heavy (non-hydrogen) atoms. The Morgan fingerprint density at radius 3 is 2.74 bits per heavy atom. The van der Waals surface area contributed by atoms with Crippen LogP contribution in [0, 0.1) is 13.8 Å². The minimum absolute atomic E-state index is 0.537. The molecule has 1 aromatic rings. The third-order valence-corrected chi connectivity index (χ3v) is 3.65. The molecule has 0 bridgehead atoms. The summed E-state index contributed by atoms with van der Waals surface area (Å²) in [5.74, 6) is 0.871. The fourth-order valence-electron chi connectivity index (χ4n) is 2.32. The van der Waals surface area contributed by atoms with Crippen LogP contribution >= 0.6 is 0 Å². The van der Waals surface area contributed by atoms with Crippen LogP contribution in [0.4, 0.5) is 0 Å². The Hall–Kier alpha value is -1.13. The van der Waals surface area contributed by atoms with Crippen molar-refractivity contribution in [3.63, 3.8) is 0 Å². The maximum atomic E-state index is 10.5. The average molecular weight is 264 g/mol. The molecule has 4 nitrogen and oxygen atoms in total. The van der Waals surface area contributed by atoms with E-state index in [9.17, 15) is 5.11 Å². The first-order valence-electron chi connectivity index (χ1n) is 6.88. The molecule has 106 valence electrons. The second-order valence-electron chi connectivity index (χ2n) is 5.88. The van der Waals surface area contributed by atoms with Gasteiger partial charge in [-0.1, -0.05) is 0 Å². The lowest BCUT2D eigenvalue weighted by Crippen LogP contribution is -2.41. The van der Waals surface area contributed by atoms with Gasteiger partial charge in [0.25, 0.3) is 0 Å². The van der Waals surface area contributed by atoms with E-state index in [-0.39, 0.29) is 0 Å². The average Bonchev–Trinajstić information content (AvgIpc) is 3.15. The number of nitrogens with zero attached hydrogens (tertiary/aromatic N) is 1. The minimum Gasteiger partial charge on any atom is -0.496 e. The molecular formula is C15H24N2O2. The fourth-order valence-corrected chi connectivity index (χ4v) is 2.32. The van der Waals surface area contributed by atoms with Crippen LogP contribution in [0.3, 0.4) is 0 Å². The molecule has 1 fully saturated rings. The fraction of sp³-hybridized carbons (Fsp3) is 0.667. The number of ether oxygens (including phenoxy) is 1. The van der Waals surface area contributed by atoms with E-state index in [0.717, 1.165) is 22.6 Å². The van der Waals surface area contributed by atoms with E-state index in [1.54, 1.807) is 7.11 Å². The van der Waals surface area contributed by atoms with Gasteiger partial charge in [0.2, 0.25) is 0 Å². The van der Waals surface area contributed by atoms with Gasteiger partial charge in [0, 0.05) is 42.0 Å². The number of hydrogen-bond donors (Lipinski definition) is 2. The maximum absolute atomic E-state index is 10.5. The Morgan fingerprint density at radius 1 is 1.47 bits per heavy atom. The molecule has 1 aliphatic carbocycles. The van der Waals surface area contributed by atoms with Crippen LogP contribution in [0.1, 0.15) is 36.6 Å². The van der Waals surface area contributed by atoms with Crippen LogP contribution in [0.2, 0.25) is 0 Å². The van der Waals surface area contributed by atoms with Crippen LogP contribution in [0.15, 0.2) is 6.20 Å². The SMILES string of the molecule is COc1c(C)cnc(CC(C)(O)CNC2CC2)c1C. The van der Waals surface area contributed by atoms with Crippen molar-refractivity contribution in [2.75, 3.05) is 13.7 Å². The summed E-state index contributed by atoms with van der Waals surface area (Å²) in [5.41, 5.74) is 2.18. The highest BCUT2D eigenvalue weighted by Gasteiger charge is 2.28. The van der Waals surface area contributed by atoms with Crippen molar-refractivity contribution >= 4 is 0 Å². The van der Waals surface area contributed by atoms with Gasteiger partial charge in [-0.05, 0) is 33.6 Å². The summed E-state index contributed by atoms with van der Waals surface area (Å²) < 4.78 is 5.40. The number of aryl methyl sites for hydroxylation is 1. The summed E-state index contributed by atoms with van der Waals surface area (Å²) >= 11 is 0. The zero-order valence-electron chi connectivity index (χ0n) is 12.3. The molecule has 1 aromatic heterocycles. The lowest BCUT2D eigenvalue weighted by atomic mass is 9.96. The van der Waals surface area contributed by atoms with Crippen molar-refractivity contribution in [1.82, 2.24) is 10.3 Å². The zero-order valence-corrected chi connectivity index (χ0v) is 12.3. The first-order valence-corrected chi connectivity index (χ1v) is 6.88. The van der Waals surface area contributed by atoms with E-state index >= 15 is 0 Å². The molecule has 1 aliphatic rings. The smallest absolute Gasteiger partial charge is 0.128 e. The highest BCUT2D eigenvalue weighted by molar-refractivity contribution is 5.41. The molecule has 0 saturated heterocycles. The molecule has 1 saturated carbocycles. The standard InChI is InChI=1S/C15H24N2O2/c1-10-8-16-13(11(2)14(10)19-4)7-15(3,18)9-17-12-5-6-12/h8,12,17-18H,5-7,9H2,1-4H3. The molecule has 0 radical (unpaired) electrons. The number of pyridine rings is 1. The Balaban J connectivity index is 2.08. The van der Waals surface area contributed by atoms with E-state index in [2.05, 4.69) is 10.3 Å². The number of aliphatic hydroxyl groups is 1. The van der Waals surface area contributed by atoms with Crippen LogP contribution in [-0.4, -0.2) is 35.4 Å². The van der Waals surface area contributed by atoms with Gasteiger partial charge in [-0.25, -0.2) is 0 Å². The first kappa shape index (κ1) is 14.3. The lowest BCUT2D eigenvalue weighted by Gasteiger charge is -2.25. The lowest BCUT2D eigenvalue weighted by molar-refractivity contribution is 0.0585. The topological polar surface area (TPSA) is 54.4 Å². The van der Waals surface area contributed by atoms with Gasteiger partial charge in [0.1, 0.15) is 5.75 Å². The van der Waals surface area contributed by atoms with Gasteiger partial charge in [-0.2, -0.15) is 0 Å². The number of methoxy groups -OCH3 is 1. The van der Waals surface area contributed by atoms with Crippen LogP contribution < -0.4 is 10.1 Å². The summed E-state index contributed by atoms with van der Waals surface area (Å²) in [6.07, 6.45) is 4.80. The maximum Gasteiger partial charge on any atom is 0.128 e. The molecule has 4 heteroatoms. The highest BCUT2D eigenvalue weighted by Crippen LogP contribution is 2.26. The van der Waals surface area contributed by atoms with Crippen molar-refractivity contribution in [1.29, 1.82) is 0 Å². The van der Waals surface area contributed by atoms with Crippen molar-refractivity contribution < 1.29 is 9.84 Å². The number of aromatic nitrogens is 1. The monoisotopic (exact) mass is 264 g/mol. The van der Waals surface area contributed by atoms with Crippen LogP contribution in [-0.2, 0) is 6.42 Å². The zero-order chi connectivity index (χ0) is 14.0. The number of nitrogens with one attached hydrogen (secondary N) is 1. The summed E-state index contributed by atoms with van der Waals surface area (Å²) in [6.45, 7) is 6.44. The Kier molecular flexibility index (Phi) is 4.11. The summed E-state index contributed by atoms with van der Waals surface area (Å²) in [7, 11) is 1.67. The summed E-state index contributed by atoms with van der Waals surface area (Å²) in [5, 5.41) is 13.8. The Bertz CT molecular complexity index is 454. The van der Waals surface area contributed by atoms with Gasteiger partial charge >= 0.3 is 0 Å². The molecule has 0 aliphatic heterocycles. The van der Waals surface area contributed by atoms with E-state index in [1.807, 2.05) is 27.0 Å². The first-order chi connectivity index (χ1) is 8.93. The molecule has 1 unspecified atom stereocenters. The van der Waals surface area contributed by atoms with Crippen LogP contribution in [0.5, 0.6) is 5.75 Å². The van der Waals surface area contributed by atoms with Crippen molar-refractivity contribution in [3.05, 3.63) is 23.0 Å². The Morgan fingerprint density at radius 2 is 2.16 bits per heavy atom. The summed E-state index contributed by atoms with van der Waals surface area (Å²) in [4.78, 5) is 4.45. The van der Waals surface area contributed by atoms with Crippen molar-refractivity contribution in [2.45, 2.75) is 51.7 Å². The minimum atomic E-state index is -0.777. The van der Waals surface area contributed by atoms with Crippen LogP contribution in [0.25, 0.3) is 0 Å². The largest absolute Gasteiger partial charge is 0.496 e. The van der Waals surface area contributed by atoms with Gasteiger partial charge in [-0.3, -0.25) is 4.98 Å². The molecule has 1 atom stereocenters. The van der Waals surface area contributed by atoms with Gasteiger partial charge < -0.3 is 15.2 Å². The quantitative estimate of drug-likeness (QED) is 0.822. The molecule has 0 amide bonds. The van der Waals surface area contributed by atoms with Gasteiger partial charge in [0.15, 0.2) is 0 Å². The van der Waals surface area contributed by atoms with E-state index in [1.165, 1.54) is 12.8 Å². The van der Waals surface area contributed by atoms with Crippen molar-refractivity contribution in [3.8, 4) is 5.75 Å².